The van der Waals surface area contributed by atoms with Crippen LogP contribution in [0.1, 0.15) is 27.3 Å². The first-order chi connectivity index (χ1) is 11.2. The van der Waals surface area contributed by atoms with Crippen LogP contribution in [0.2, 0.25) is 0 Å². The van der Waals surface area contributed by atoms with Crippen LogP contribution in [0.5, 0.6) is 5.88 Å². The fraction of sp³-hybridized carbons (Fsp3) is 0.333. The van der Waals surface area contributed by atoms with Crippen molar-refractivity contribution < 1.29 is 9.53 Å². The van der Waals surface area contributed by atoms with Gasteiger partial charge in [0.2, 0.25) is 5.88 Å². The predicted octanol–water partition coefficient (Wildman–Crippen LogP) is 0.0340. The summed E-state index contributed by atoms with van der Waals surface area (Å²) in [5, 5.41) is 13.2. The molecule has 4 rings (SSSR count). The van der Waals surface area contributed by atoms with E-state index in [2.05, 4.69) is 10.1 Å². The Morgan fingerprint density at radius 1 is 1.39 bits per heavy atom. The van der Waals surface area contributed by atoms with Gasteiger partial charge in [-0.1, -0.05) is 0 Å². The molecule has 23 heavy (non-hydrogen) atoms. The van der Waals surface area contributed by atoms with Gasteiger partial charge in [-0.05, 0) is 11.6 Å². The molecule has 0 radical (unpaired) electrons. The lowest BCUT2D eigenvalue weighted by molar-refractivity contribution is 0.0726. The lowest BCUT2D eigenvalue weighted by Gasteiger charge is -2.28. The third-order valence-corrected chi connectivity index (χ3v) is 4.13. The van der Waals surface area contributed by atoms with Gasteiger partial charge in [-0.3, -0.25) is 9.59 Å². The molecule has 1 N–H and O–H groups in total. The van der Waals surface area contributed by atoms with Crippen molar-refractivity contribution in [3.05, 3.63) is 45.0 Å². The van der Waals surface area contributed by atoms with E-state index in [1.807, 2.05) is 6.07 Å². The smallest absolute Gasteiger partial charge is 0.274 e. The second kappa shape index (κ2) is 4.98. The quantitative estimate of drug-likeness (QED) is 0.800. The van der Waals surface area contributed by atoms with Crippen LogP contribution < -0.4 is 10.3 Å². The summed E-state index contributed by atoms with van der Waals surface area (Å²) in [4.78, 5) is 28.6. The minimum absolute atomic E-state index is 0.0624. The molecule has 8 nitrogen and oxygen atoms in total. The molecule has 1 amide bonds. The number of H-pyrrole nitrogens is 1. The maximum Gasteiger partial charge on any atom is 0.274 e. The zero-order valence-electron chi connectivity index (χ0n) is 12.2. The van der Waals surface area contributed by atoms with E-state index in [1.54, 1.807) is 21.7 Å². The summed E-state index contributed by atoms with van der Waals surface area (Å²) in [5.74, 6) is 0.438. The molecule has 0 unspecified atom stereocenters. The molecule has 0 fully saturated rings. The molecule has 2 aromatic heterocycles. The van der Waals surface area contributed by atoms with Crippen molar-refractivity contribution in [2.45, 2.75) is 19.5 Å². The van der Waals surface area contributed by atoms with Gasteiger partial charge in [0.15, 0.2) is 5.69 Å². The number of carbonyl (C=O) groups is 1. The molecule has 4 heterocycles. The van der Waals surface area contributed by atoms with E-state index in [0.29, 0.717) is 44.2 Å². The average Bonchev–Trinajstić information content (AvgIpc) is 3.14. The van der Waals surface area contributed by atoms with Crippen molar-refractivity contribution >= 4 is 5.91 Å². The van der Waals surface area contributed by atoms with Crippen molar-refractivity contribution in [2.75, 3.05) is 13.2 Å². The summed E-state index contributed by atoms with van der Waals surface area (Å²) in [7, 11) is 0. The fourth-order valence-electron chi connectivity index (χ4n) is 2.94. The summed E-state index contributed by atoms with van der Waals surface area (Å²) in [6.45, 7) is 2.08. The Bertz CT molecular complexity index is 883. The molecule has 0 aromatic carbocycles. The molecule has 0 aliphatic carbocycles. The number of aromatic nitrogens is 3. The number of nitrogens with one attached hydrogen (secondary N) is 1. The predicted molar refractivity (Wildman–Crippen MR) is 77.9 cm³/mol. The molecule has 8 heteroatoms. The fourth-order valence-corrected chi connectivity index (χ4v) is 2.94. The van der Waals surface area contributed by atoms with Crippen molar-refractivity contribution in [1.82, 2.24) is 19.7 Å². The van der Waals surface area contributed by atoms with E-state index in [1.165, 1.54) is 0 Å². The lowest BCUT2D eigenvalue weighted by atomic mass is 10.0. The Labute approximate surface area is 130 Å². The number of nitrogens with zero attached hydrogens (tertiary/aromatic N) is 4. The van der Waals surface area contributed by atoms with Crippen molar-refractivity contribution in [1.29, 1.82) is 5.26 Å². The van der Waals surface area contributed by atoms with Gasteiger partial charge in [-0.2, -0.15) is 10.4 Å². The van der Waals surface area contributed by atoms with E-state index >= 15 is 0 Å². The number of hydrogen-bond donors (Lipinski definition) is 1. The highest BCUT2D eigenvalue weighted by Crippen LogP contribution is 2.22. The van der Waals surface area contributed by atoms with Crippen LogP contribution in [0.4, 0.5) is 0 Å². The van der Waals surface area contributed by atoms with Crippen LogP contribution in [0.3, 0.4) is 0 Å². The van der Waals surface area contributed by atoms with Gasteiger partial charge in [-0.15, -0.1) is 0 Å². The van der Waals surface area contributed by atoms with Gasteiger partial charge in [0, 0.05) is 31.3 Å². The van der Waals surface area contributed by atoms with E-state index in [0.717, 1.165) is 11.3 Å². The van der Waals surface area contributed by atoms with Crippen molar-refractivity contribution in [3.8, 4) is 11.9 Å². The SMILES string of the molecule is N#Cc1cc2c([nH]c1=O)CCN(C(=O)c1cc3n(n1)CCO3)C2. The normalized spacial score (nSPS) is 15.5. The van der Waals surface area contributed by atoms with E-state index in [4.69, 9.17) is 10.00 Å². The molecular weight excluding hydrogens is 298 g/mol. The largest absolute Gasteiger partial charge is 0.476 e. The Kier molecular flexibility index (Phi) is 2.94. The molecule has 0 atom stereocenters. The number of nitriles is 1. The summed E-state index contributed by atoms with van der Waals surface area (Å²) < 4.78 is 7.05. The summed E-state index contributed by atoms with van der Waals surface area (Å²) >= 11 is 0. The van der Waals surface area contributed by atoms with Crippen LogP contribution >= 0.6 is 0 Å². The highest BCUT2D eigenvalue weighted by molar-refractivity contribution is 5.92. The highest BCUT2D eigenvalue weighted by Gasteiger charge is 2.27. The van der Waals surface area contributed by atoms with Crippen molar-refractivity contribution in [3.63, 3.8) is 0 Å². The topological polar surface area (TPSA) is 104 Å². The van der Waals surface area contributed by atoms with Gasteiger partial charge in [0.1, 0.15) is 18.2 Å². The molecule has 0 saturated carbocycles. The second-order valence-electron chi connectivity index (χ2n) is 5.54. The molecule has 0 bridgehead atoms. The minimum atomic E-state index is -0.381. The Hall–Kier alpha value is -3.08. The van der Waals surface area contributed by atoms with Gasteiger partial charge in [0.25, 0.3) is 11.5 Å². The maximum atomic E-state index is 12.6. The van der Waals surface area contributed by atoms with Crippen LogP contribution in [0, 0.1) is 11.3 Å². The first-order valence-corrected chi connectivity index (χ1v) is 7.31. The van der Waals surface area contributed by atoms with Crippen LogP contribution in [0.25, 0.3) is 0 Å². The molecule has 0 spiro atoms. The van der Waals surface area contributed by atoms with Gasteiger partial charge >= 0.3 is 0 Å². The van der Waals surface area contributed by atoms with E-state index in [9.17, 15) is 9.59 Å². The molecule has 2 aromatic rings. The van der Waals surface area contributed by atoms with E-state index < -0.39 is 0 Å². The highest BCUT2D eigenvalue weighted by atomic mass is 16.5. The van der Waals surface area contributed by atoms with Gasteiger partial charge < -0.3 is 14.6 Å². The number of carbonyl (C=O) groups excluding carboxylic acids is 1. The monoisotopic (exact) mass is 311 g/mol. The molecule has 2 aliphatic heterocycles. The van der Waals surface area contributed by atoms with E-state index in [-0.39, 0.29) is 17.0 Å². The van der Waals surface area contributed by atoms with Gasteiger partial charge in [-0.25, -0.2) is 4.68 Å². The van der Waals surface area contributed by atoms with Crippen LogP contribution in [-0.2, 0) is 19.5 Å². The molecule has 0 saturated heterocycles. The minimum Gasteiger partial charge on any atom is -0.476 e. The Morgan fingerprint density at radius 2 is 2.26 bits per heavy atom. The number of hydrogen-bond acceptors (Lipinski definition) is 5. The number of pyridine rings is 1. The number of fused-ring (bicyclic) bond motifs is 2. The summed E-state index contributed by atoms with van der Waals surface area (Å²) in [5.41, 5.74) is 1.62. The summed E-state index contributed by atoms with van der Waals surface area (Å²) in [6.07, 6.45) is 0.548. The maximum absolute atomic E-state index is 12.6. The number of amides is 1. The van der Waals surface area contributed by atoms with Crippen LogP contribution in [-0.4, -0.2) is 38.7 Å². The first-order valence-electron chi connectivity index (χ1n) is 7.31. The molecular formula is C15H13N5O3. The third-order valence-electron chi connectivity index (χ3n) is 4.13. The number of rotatable bonds is 1. The second-order valence-corrected chi connectivity index (χ2v) is 5.54. The zero-order chi connectivity index (χ0) is 16.0. The Morgan fingerprint density at radius 3 is 3.04 bits per heavy atom. The van der Waals surface area contributed by atoms with Crippen molar-refractivity contribution in [2.24, 2.45) is 0 Å². The lowest BCUT2D eigenvalue weighted by Crippen LogP contribution is -2.37. The zero-order valence-corrected chi connectivity index (χ0v) is 12.2. The number of ether oxygens (including phenoxy) is 1. The molecule has 116 valence electrons. The average molecular weight is 311 g/mol. The Balaban J connectivity index is 1.61. The number of aromatic amines is 1. The van der Waals surface area contributed by atoms with Gasteiger partial charge in [0.05, 0.1) is 6.54 Å². The third kappa shape index (κ3) is 2.17. The first kappa shape index (κ1) is 13.6. The summed E-state index contributed by atoms with van der Waals surface area (Å²) in [6, 6.07) is 5.08. The van der Waals surface area contributed by atoms with Crippen LogP contribution in [0.15, 0.2) is 16.9 Å². The molecule has 2 aliphatic rings. The standard InChI is InChI=1S/C15H13N5O3/c16-7-9-5-10-8-19(2-1-11(10)17-14(9)21)15(22)12-6-13-20(18-12)3-4-23-13/h5-6H,1-4,8H2,(H,17,21).